The second kappa shape index (κ2) is 9.13. The first-order valence-electron chi connectivity index (χ1n) is 11.4. The van der Waals surface area contributed by atoms with Crippen molar-refractivity contribution in [1.29, 1.82) is 0 Å². The minimum atomic E-state index is 0.703. The summed E-state index contributed by atoms with van der Waals surface area (Å²) in [5.41, 5.74) is 1.09. The number of piperazine rings is 1. The van der Waals surface area contributed by atoms with E-state index < -0.39 is 0 Å². The van der Waals surface area contributed by atoms with Crippen LogP contribution >= 0.6 is 11.3 Å². The Morgan fingerprint density at radius 3 is 2.53 bits per heavy atom. The largest absolute Gasteiger partial charge is 0.359 e. The third kappa shape index (κ3) is 4.62. The number of pyridine rings is 1. The summed E-state index contributed by atoms with van der Waals surface area (Å²) >= 11 is 1.61. The first kappa shape index (κ1) is 21.3. The van der Waals surface area contributed by atoms with Crippen molar-refractivity contribution in [1.82, 2.24) is 29.9 Å². The number of nitrogens with zero attached hydrogens (tertiary/aromatic N) is 6. The van der Waals surface area contributed by atoms with Crippen molar-refractivity contribution in [2.75, 3.05) is 51.6 Å². The van der Waals surface area contributed by atoms with E-state index in [2.05, 4.69) is 73.1 Å². The maximum Gasteiger partial charge on any atom is 0.147 e. The van der Waals surface area contributed by atoms with Gasteiger partial charge in [-0.25, -0.2) is 4.98 Å². The molecule has 2 saturated heterocycles. The molecule has 1 N–H and O–H groups in total. The molecule has 0 spiro atoms. The smallest absolute Gasteiger partial charge is 0.147 e. The van der Waals surface area contributed by atoms with Gasteiger partial charge in [-0.15, -0.1) is 10.2 Å². The molecular formula is C24H31N7S. The number of aromatic nitrogens is 3. The van der Waals surface area contributed by atoms with Crippen molar-refractivity contribution in [2.24, 2.45) is 0 Å². The fourth-order valence-corrected chi connectivity index (χ4v) is 5.36. The van der Waals surface area contributed by atoms with Gasteiger partial charge >= 0.3 is 0 Å². The average Bonchev–Trinajstić information content (AvgIpc) is 3.25. The number of piperidine rings is 1. The van der Waals surface area contributed by atoms with Gasteiger partial charge in [-0.2, -0.15) is 0 Å². The molecule has 2 aliphatic rings. The number of benzene rings is 1. The number of aryl methyl sites for hydroxylation is 1. The molecule has 5 rings (SSSR count). The first-order chi connectivity index (χ1) is 15.5. The van der Waals surface area contributed by atoms with Crippen LogP contribution in [0.1, 0.15) is 17.8 Å². The molecule has 0 radical (unpaired) electrons. The Bertz CT molecular complexity index is 1090. The van der Waals surface area contributed by atoms with Crippen LogP contribution in [0.4, 0.5) is 5.82 Å². The maximum absolute atomic E-state index is 4.61. The molecule has 8 heteroatoms. The molecule has 2 aliphatic heterocycles. The van der Waals surface area contributed by atoms with Gasteiger partial charge in [-0.1, -0.05) is 30.0 Å². The van der Waals surface area contributed by atoms with Crippen LogP contribution in [0.3, 0.4) is 0 Å². The summed E-state index contributed by atoms with van der Waals surface area (Å²) < 4.78 is 0. The Labute approximate surface area is 193 Å². The van der Waals surface area contributed by atoms with Crippen molar-refractivity contribution in [2.45, 2.75) is 25.8 Å². The predicted octanol–water partition coefficient (Wildman–Crippen LogP) is 3.66. The van der Waals surface area contributed by atoms with E-state index in [0.717, 1.165) is 51.1 Å². The van der Waals surface area contributed by atoms with Crippen molar-refractivity contribution >= 4 is 27.9 Å². The topological polar surface area (TPSA) is 60.4 Å². The van der Waals surface area contributed by atoms with Crippen molar-refractivity contribution in [3.05, 3.63) is 47.9 Å². The number of nitrogens with one attached hydrogen (secondary N) is 1. The van der Waals surface area contributed by atoms with Crippen LogP contribution in [-0.2, 0) is 0 Å². The Balaban J connectivity index is 1.22. The summed E-state index contributed by atoms with van der Waals surface area (Å²) in [5, 5.41) is 16.0. The van der Waals surface area contributed by atoms with E-state index in [0.29, 0.717) is 6.04 Å². The van der Waals surface area contributed by atoms with Crippen LogP contribution < -0.4 is 5.32 Å². The molecule has 0 unspecified atom stereocenters. The normalized spacial score (nSPS) is 18.9. The molecule has 2 aromatic heterocycles. The minimum Gasteiger partial charge on any atom is -0.359 e. The summed E-state index contributed by atoms with van der Waals surface area (Å²) in [6, 6.07) is 9.13. The second-order valence-electron chi connectivity index (χ2n) is 8.89. The molecule has 7 nitrogen and oxygen atoms in total. The molecule has 1 aromatic carbocycles. The third-order valence-electron chi connectivity index (χ3n) is 6.67. The molecule has 0 bridgehead atoms. The number of hydrogen-bond acceptors (Lipinski definition) is 8. The van der Waals surface area contributed by atoms with Gasteiger partial charge < -0.3 is 15.1 Å². The highest BCUT2D eigenvalue weighted by Gasteiger charge is 2.27. The average molecular weight is 450 g/mol. The number of fused-ring (bicyclic) bond motifs is 1. The van der Waals surface area contributed by atoms with Gasteiger partial charge in [-0.3, -0.25) is 4.90 Å². The summed E-state index contributed by atoms with van der Waals surface area (Å²) in [5.74, 6) is 1.76. The molecule has 0 amide bonds. The van der Waals surface area contributed by atoms with Gasteiger partial charge in [0.15, 0.2) is 0 Å². The number of likely N-dealkylation sites (N-methyl/N-ethyl adjacent to an activating group) is 1. The van der Waals surface area contributed by atoms with Crippen molar-refractivity contribution < 1.29 is 0 Å². The monoisotopic (exact) mass is 449 g/mol. The summed E-state index contributed by atoms with van der Waals surface area (Å²) in [7, 11) is 2.22. The van der Waals surface area contributed by atoms with E-state index in [1.165, 1.54) is 39.0 Å². The Hall–Kier alpha value is -2.55. The van der Waals surface area contributed by atoms with E-state index >= 15 is 0 Å². The van der Waals surface area contributed by atoms with Gasteiger partial charge in [-0.05, 0) is 44.3 Å². The van der Waals surface area contributed by atoms with Gasteiger partial charge in [0.05, 0.1) is 5.82 Å². The molecule has 4 heterocycles. The minimum absolute atomic E-state index is 0.703. The zero-order valence-electron chi connectivity index (χ0n) is 18.9. The van der Waals surface area contributed by atoms with Crippen LogP contribution in [0.2, 0.25) is 0 Å². The Morgan fingerprint density at radius 1 is 1.03 bits per heavy atom. The molecule has 32 heavy (non-hydrogen) atoms. The van der Waals surface area contributed by atoms with Gasteiger partial charge in [0.25, 0.3) is 0 Å². The van der Waals surface area contributed by atoms with Gasteiger partial charge in [0.2, 0.25) is 0 Å². The van der Waals surface area contributed by atoms with Gasteiger partial charge in [0, 0.05) is 62.5 Å². The lowest BCUT2D eigenvalue weighted by Gasteiger charge is -2.42. The lowest BCUT2D eigenvalue weighted by molar-refractivity contribution is 0.0761. The predicted molar refractivity (Wildman–Crippen MR) is 132 cm³/mol. The second-order valence-corrected chi connectivity index (χ2v) is 10.1. The lowest BCUT2D eigenvalue weighted by Crippen LogP contribution is -2.52. The first-order valence-corrected chi connectivity index (χ1v) is 12.2. The summed E-state index contributed by atoms with van der Waals surface area (Å²) in [4.78, 5) is 12.1. The SMILES string of the molecule is C=C(Nc1cc2cc(-c3nnc(C)s3)ccc2cn1)N1CCC(N2CCN(C)CC2)CC1. The Morgan fingerprint density at radius 2 is 1.81 bits per heavy atom. The fourth-order valence-electron chi connectivity index (χ4n) is 4.67. The third-order valence-corrected chi connectivity index (χ3v) is 7.56. The van der Waals surface area contributed by atoms with E-state index in [1.807, 2.05) is 13.1 Å². The molecule has 3 aromatic rings. The van der Waals surface area contributed by atoms with E-state index in [4.69, 9.17) is 0 Å². The molecule has 0 saturated carbocycles. The highest BCUT2D eigenvalue weighted by Crippen LogP contribution is 2.28. The van der Waals surface area contributed by atoms with Crippen LogP contribution in [-0.4, -0.2) is 82.2 Å². The molecule has 0 aliphatic carbocycles. The number of likely N-dealkylation sites (tertiary alicyclic amines) is 1. The highest BCUT2D eigenvalue weighted by atomic mass is 32.1. The molecule has 0 atom stereocenters. The standard InChI is InChI=1S/C24H31N7S/c1-17(30-8-6-22(7-9-30)31-12-10-29(3)11-13-31)26-23-15-21-14-19(4-5-20(21)16-25-23)24-28-27-18(2)32-24/h4-5,14-16,22H,1,6-13H2,2-3H3,(H,25,26). The summed E-state index contributed by atoms with van der Waals surface area (Å²) in [6.07, 6.45) is 4.31. The maximum atomic E-state index is 4.61. The molecular weight excluding hydrogens is 418 g/mol. The van der Waals surface area contributed by atoms with Gasteiger partial charge in [0.1, 0.15) is 15.8 Å². The molecule has 2 fully saturated rings. The Kier molecular flexibility index (Phi) is 6.08. The zero-order chi connectivity index (χ0) is 22.1. The van der Waals surface area contributed by atoms with Crippen LogP contribution in [0, 0.1) is 6.92 Å². The quantitative estimate of drug-likeness (QED) is 0.638. The van der Waals surface area contributed by atoms with Crippen molar-refractivity contribution in [3.8, 4) is 10.6 Å². The van der Waals surface area contributed by atoms with Crippen molar-refractivity contribution in [3.63, 3.8) is 0 Å². The number of hydrogen-bond donors (Lipinski definition) is 1. The number of anilines is 1. The van der Waals surface area contributed by atoms with E-state index in [-0.39, 0.29) is 0 Å². The van der Waals surface area contributed by atoms with Crippen LogP contribution in [0.25, 0.3) is 21.3 Å². The number of rotatable bonds is 5. The van der Waals surface area contributed by atoms with Crippen LogP contribution in [0.15, 0.2) is 42.9 Å². The zero-order valence-corrected chi connectivity index (χ0v) is 19.7. The summed E-state index contributed by atoms with van der Waals surface area (Å²) in [6.45, 7) is 13.1. The van der Waals surface area contributed by atoms with E-state index in [9.17, 15) is 0 Å². The van der Waals surface area contributed by atoms with E-state index in [1.54, 1.807) is 11.3 Å². The molecule has 168 valence electrons. The van der Waals surface area contributed by atoms with Crippen LogP contribution in [0.5, 0.6) is 0 Å². The fraction of sp³-hybridized carbons (Fsp3) is 0.458. The lowest BCUT2D eigenvalue weighted by atomic mass is 10.0. The highest BCUT2D eigenvalue weighted by molar-refractivity contribution is 7.14.